The summed E-state index contributed by atoms with van der Waals surface area (Å²) >= 11 is 6.25. The van der Waals surface area contributed by atoms with Gasteiger partial charge in [-0.2, -0.15) is 5.10 Å². The van der Waals surface area contributed by atoms with E-state index in [0.29, 0.717) is 11.1 Å². The van der Waals surface area contributed by atoms with Crippen LogP contribution in [0.3, 0.4) is 0 Å². The summed E-state index contributed by atoms with van der Waals surface area (Å²) in [4.78, 5) is 2.42. The fraction of sp³-hybridized carbons (Fsp3) is 0.333. The number of likely N-dealkylation sites (tertiary alicyclic amines) is 1. The summed E-state index contributed by atoms with van der Waals surface area (Å²) in [7, 11) is 0. The first-order chi connectivity index (χ1) is 11.7. The number of aromatic nitrogens is 3. The summed E-state index contributed by atoms with van der Waals surface area (Å²) < 4.78 is 7.31. The van der Waals surface area contributed by atoms with Gasteiger partial charge in [0.15, 0.2) is 5.76 Å². The second-order valence-electron chi connectivity index (χ2n) is 6.24. The summed E-state index contributed by atoms with van der Waals surface area (Å²) in [5.74, 6) is 0.962. The lowest BCUT2D eigenvalue weighted by Crippen LogP contribution is -2.22. The van der Waals surface area contributed by atoms with Crippen LogP contribution < -0.4 is 0 Å². The summed E-state index contributed by atoms with van der Waals surface area (Å²) in [5.41, 5.74) is 3.00. The quantitative estimate of drug-likeness (QED) is 0.714. The van der Waals surface area contributed by atoms with E-state index in [2.05, 4.69) is 15.2 Å². The number of para-hydroxylation sites is 1. The molecule has 0 aliphatic carbocycles. The van der Waals surface area contributed by atoms with Crippen LogP contribution in [0.4, 0.5) is 0 Å². The Hall–Kier alpha value is -2.11. The van der Waals surface area contributed by atoms with E-state index in [1.807, 2.05) is 54.3 Å². The highest BCUT2D eigenvalue weighted by Gasteiger charge is 2.29. The predicted octanol–water partition coefficient (Wildman–Crippen LogP) is 4.16. The lowest BCUT2D eigenvalue weighted by molar-refractivity contribution is 0.206. The third-order valence-electron chi connectivity index (χ3n) is 4.46. The van der Waals surface area contributed by atoms with E-state index >= 15 is 0 Å². The van der Waals surface area contributed by atoms with Crippen LogP contribution in [-0.4, -0.2) is 26.4 Å². The molecule has 3 aromatic rings. The molecule has 1 atom stereocenters. The number of aryl methyl sites for hydroxylation is 1. The Balaban J connectivity index is 1.52. The molecular weight excluding hydrogens is 324 g/mol. The molecule has 1 aromatic carbocycles. The van der Waals surface area contributed by atoms with Gasteiger partial charge >= 0.3 is 0 Å². The second-order valence-corrected chi connectivity index (χ2v) is 6.65. The Kier molecular flexibility index (Phi) is 4.12. The number of hydrogen-bond acceptors (Lipinski definition) is 4. The molecule has 4 rings (SSSR count). The van der Waals surface area contributed by atoms with Gasteiger partial charge in [0.2, 0.25) is 0 Å². The van der Waals surface area contributed by atoms with E-state index < -0.39 is 0 Å². The molecule has 0 unspecified atom stereocenters. The zero-order valence-electron chi connectivity index (χ0n) is 13.5. The van der Waals surface area contributed by atoms with Crippen molar-refractivity contribution in [2.75, 3.05) is 6.54 Å². The minimum absolute atomic E-state index is 0.301. The Morgan fingerprint density at radius 2 is 2.21 bits per heavy atom. The molecule has 5 nitrogen and oxygen atoms in total. The van der Waals surface area contributed by atoms with Gasteiger partial charge in [-0.05, 0) is 38.4 Å². The maximum Gasteiger partial charge on any atom is 0.154 e. The maximum absolute atomic E-state index is 6.25. The van der Waals surface area contributed by atoms with Crippen LogP contribution in [0.25, 0.3) is 5.69 Å². The molecule has 0 bridgehead atoms. The van der Waals surface area contributed by atoms with Crippen molar-refractivity contribution in [2.45, 2.75) is 32.4 Å². The Labute approximate surface area is 145 Å². The zero-order valence-corrected chi connectivity index (χ0v) is 14.3. The molecule has 0 N–H and O–H groups in total. The van der Waals surface area contributed by atoms with Crippen molar-refractivity contribution in [3.05, 3.63) is 64.8 Å². The Morgan fingerprint density at radius 1 is 1.33 bits per heavy atom. The monoisotopic (exact) mass is 342 g/mol. The van der Waals surface area contributed by atoms with Crippen molar-refractivity contribution in [3.63, 3.8) is 0 Å². The van der Waals surface area contributed by atoms with Gasteiger partial charge < -0.3 is 4.52 Å². The third-order valence-corrected chi connectivity index (χ3v) is 4.78. The van der Waals surface area contributed by atoms with Crippen LogP contribution in [0.15, 0.2) is 47.2 Å². The highest BCUT2D eigenvalue weighted by atomic mass is 35.5. The first-order valence-corrected chi connectivity index (χ1v) is 8.54. The number of benzene rings is 1. The summed E-state index contributed by atoms with van der Waals surface area (Å²) in [5, 5.41) is 9.18. The van der Waals surface area contributed by atoms with Gasteiger partial charge in [0.05, 0.1) is 28.6 Å². The molecule has 6 heteroatoms. The largest absolute Gasteiger partial charge is 0.359 e. The van der Waals surface area contributed by atoms with Crippen molar-refractivity contribution in [3.8, 4) is 5.69 Å². The van der Waals surface area contributed by atoms with Crippen LogP contribution >= 0.6 is 11.6 Å². The molecule has 1 aliphatic heterocycles. The number of rotatable bonds is 4. The SMILES string of the molecule is Cc1cc([C@@H]2CCCN2Cc2cnn(-c3ccccc3Cl)c2)on1. The van der Waals surface area contributed by atoms with Gasteiger partial charge in [-0.3, -0.25) is 4.90 Å². The molecule has 124 valence electrons. The van der Waals surface area contributed by atoms with E-state index in [1.54, 1.807) is 0 Å². The van der Waals surface area contributed by atoms with Gasteiger partial charge in [-0.15, -0.1) is 0 Å². The molecule has 24 heavy (non-hydrogen) atoms. The summed E-state index contributed by atoms with van der Waals surface area (Å²) in [6, 6.07) is 10.1. The molecule has 1 saturated heterocycles. The van der Waals surface area contributed by atoms with Crippen molar-refractivity contribution in [1.29, 1.82) is 0 Å². The van der Waals surface area contributed by atoms with E-state index in [4.69, 9.17) is 16.1 Å². The van der Waals surface area contributed by atoms with Gasteiger partial charge in [0, 0.05) is 24.4 Å². The second kappa shape index (κ2) is 6.42. The first-order valence-electron chi connectivity index (χ1n) is 8.16. The highest BCUT2D eigenvalue weighted by Crippen LogP contribution is 2.33. The van der Waals surface area contributed by atoms with Gasteiger partial charge in [0.25, 0.3) is 0 Å². The van der Waals surface area contributed by atoms with Crippen LogP contribution in [0.1, 0.15) is 35.9 Å². The van der Waals surface area contributed by atoms with E-state index in [-0.39, 0.29) is 0 Å². The molecule has 0 saturated carbocycles. The zero-order chi connectivity index (χ0) is 16.5. The maximum atomic E-state index is 6.25. The predicted molar refractivity (Wildman–Crippen MR) is 92.2 cm³/mol. The molecular formula is C18H19ClN4O. The lowest BCUT2D eigenvalue weighted by atomic mass is 10.1. The third kappa shape index (κ3) is 2.97. The molecule has 0 spiro atoms. The van der Waals surface area contributed by atoms with Crippen molar-refractivity contribution < 1.29 is 4.52 Å². The fourth-order valence-corrected chi connectivity index (χ4v) is 3.55. The lowest BCUT2D eigenvalue weighted by Gasteiger charge is -2.21. The molecule has 0 radical (unpaired) electrons. The summed E-state index contributed by atoms with van der Waals surface area (Å²) in [6.45, 7) is 3.86. The van der Waals surface area contributed by atoms with Gasteiger partial charge in [-0.25, -0.2) is 4.68 Å². The van der Waals surface area contributed by atoms with Gasteiger partial charge in [-0.1, -0.05) is 28.9 Å². The summed E-state index contributed by atoms with van der Waals surface area (Å²) in [6.07, 6.45) is 6.23. The minimum atomic E-state index is 0.301. The van der Waals surface area contributed by atoms with Crippen LogP contribution in [0, 0.1) is 6.92 Å². The van der Waals surface area contributed by atoms with Gasteiger partial charge in [0.1, 0.15) is 0 Å². The Morgan fingerprint density at radius 3 is 3.00 bits per heavy atom. The van der Waals surface area contributed by atoms with E-state index in [9.17, 15) is 0 Å². The Bertz CT molecular complexity index is 841. The highest BCUT2D eigenvalue weighted by molar-refractivity contribution is 6.32. The van der Waals surface area contributed by atoms with Crippen LogP contribution in [0.5, 0.6) is 0 Å². The average molecular weight is 343 g/mol. The smallest absolute Gasteiger partial charge is 0.154 e. The topological polar surface area (TPSA) is 47.1 Å². The van der Waals surface area contributed by atoms with E-state index in [1.165, 1.54) is 6.42 Å². The van der Waals surface area contributed by atoms with Crippen molar-refractivity contribution >= 4 is 11.6 Å². The van der Waals surface area contributed by atoms with Crippen molar-refractivity contribution in [2.24, 2.45) is 0 Å². The standard InChI is InChI=1S/C18H19ClN4O/c1-13-9-18(24-21-13)17-7-4-8-22(17)11-14-10-20-23(12-14)16-6-3-2-5-15(16)19/h2-3,5-6,9-10,12,17H,4,7-8,11H2,1H3/t17-/m0/s1. The normalized spacial score (nSPS) is 18.3. The molecule has 2 aromatic heterocycles. The first kappa shape index (κ1) is 15.4. The van der Waals surface area contributed by atoms with Crippen molar-refractivity contribution in [1.82, 2.24) is 19.8 Å². The molecule has 1 aliphatic rings. The number of halogens is 1. The minimum Gasteiger partial charge on any atom is -0.359 e. The fourth-order valence-electron chi connectivity index (χ4n) is 3.32. The number of nitrogens with zero attached hydrogens (tertiary/aromatic N) is 4. The molecule has 0 amide bonds. The average Bonchev–Trinajstić information content (AvgIpc) is 3.29. The molecule has 1 fully saturated rings. The van der Waals surface area contributed by atoms with E-state index in [0.717, 1.165) is 42.2 Å². The number of hydrogen-bond donors (Lipinski definition) is 0. The van der Waals surface area contributed by atoms with Crippen LogP contribution in [-0.2, 0) is 6.54 Å². The molecule has 3 heterocycles. The van der Waals surface area contributed by atoms with Crippen LogP contribution in [0.2, 0.25) is 5.02 Å².